The van der Waals surface area contributed by atoms with Gasteiger partial charge in [-0.3, -0.25) is 24.2 Å². The van der Waals surface area contributed by atoms with Crippen molar-refractivity contribution in [3.05, 3.63) is 47.3 Å². The summed E-state index contributed by atoms with van der Waals surface area (Å²) in [6.07, 6.45) is 6.47. The van der Waals surface area contributed by atoms with Crippen LogP contribution in [0.4, 0.5) is 4.39 Å². The van der Waals surface area contributed by atoms with Crippen molar-refractivity contribution in [2.75, 3.05) is 32.7 Å². The van der Waals surface area contributed by atoms with Crippen LogP contribution < -0.4 is 0 Å². The topological polar surface area (TPSA) is 77.9 Å². The lowest BCUT2D eigenvalue weighted by atomic mass is 9.89. The normalized spacial score (nSPS) is 24.8. The van der Waals surface area contributed by atoms with Crippen LogP contribution in [0.5, 0.6) is 0 Å². The summed E-state index contributed by atoms with van der Waals surface area (Å²) in [6.45, 7) is 4.28. The maximum absolute atomic E-state index is 14.8. The summed E-state index contributed by atoms with van der Waals surface area (Å²) in [6, 6.07) is 5.97. The van der Waals surface area contributed by atoms with E-state index in [2.05, 4.69) is 11.0 Å². The number of carbonyl (C=O) groups is 3. The number of nitrogens with zero attached hydrogens (tertiary/aromatic N) is 2. The number of hydrogen-bond donors (Lipinski definition) is 1. The predicted molar refractivity (Wildman–Crippen MR) is 130 cm³/mol. The summed E-state index contributed by atoms with van der Waals surface area (Å²) < 4.78 is 14.8. The number of Topliss-reactive ketones (excluding diaryl/α,β-unsaturated/α-hetero) is 1. The SMILES string of the molecule is CC(=O)SC1CCN(C(C(=O)C2CC2)c2ccccc2F)CC1=CC1CCN(CC(=O)O)CC1. The van der Waals surface area contributed by atoms with Gasteiger partial charge in [0.1, 0.15) is 5.82 Å². The summed E-state index contributed by atoms with van der Waals surface area (Å²) in [5.74, 6) is -0.736. The molecule has 0 radical (unpaired) electrons. The van der Waals surface area contributed by atoms with Crippen LogP contribution in [-0.2, 0) is 14.4 Å². The molecule has 0 bridgehead atoms. The Morgan fingerprint density at radius 2 is 1.82 bits per heavy atom. The lowest BCUT2D eigenvalue weighted by Gasteiger charge is -2.39. The molecule has 0 amide bonds. The van der Waals surface area contributed by atoms with Crippen LogP contribution >= 0.6 is 11.8 Å². The van der Waals surface area contributed by atoms with Crippen molar-refractivity contribution >= 4 is 28.6 Å². The number of thioether (sulfide) groups is 1. The van der Waals surface area contributed by atoms with Gasteiger partial charge in [-0.15, -0.1) is 0 Å². The summed E-state index contributed by atoms with van der Waals surface area (Å²) in [4.78, 5) is 40.3. The minimum atomic E-state index is -0.808. The first-order valence-electron chi connectivity index (χ1n) is 12.2. The number of hydrogen-bond acceptors (Lipinski definition) is 6. The van der Waals surface area contributed by atoms with Crippen molar-refractivity contribution in [1.82, 2.24) is 9.80 Å². The Morgan fingerprint density at radius 3 is 2.44 bits per heavy atom. The first kappa shape index (κ1) is 25.1. The number of allylic oxidation sites excluding steroid dienone is 1. The highest BCUT2D eigenvalue weighted by Crippen LogP contribution is 2.40. The average molecular weight is 489 g/mol. The molecule has 1 saturated carbocycles. The minimum absolute atomic E-state index is 0.0138. The Morgan fingerprint density at radius 1 is 1.12 bits per heavy atom. The molecule has 2 aliphatic heterocycles. The molecule has 6 nitrogen and oxygen atoms in total. The van der Waals surface area contributed by atoms with E-state index in [1.165, 1.54) is 17.8 Å². The fourth-order valence-electron chi connectivity index (χ4n) is 5.19. The van der Waals surface area contributed by atoms with Crippen molar-refractivity contribution in [1.29, 1.82) is 0 Å². The molecule has 1 N–H and O–H groups in total. The third-order valence-electron chi connectivity index (χ3n) is 7.04. The van der Waals surface area contributed by atoms with Crippen molar-refractivity contribution in [3.63, 3.8) is 0 Å². The van der Waals surface area contributed by atoms with Crippen LogP contribution in [0.15, 0.2) is 35.9 Å². The maximum Gasteiger partial charge on any atom is 0.317 e. The second-order valence-corrected chi connectivity index (χ2v) is 11.1. The van der Waals surface area contributed by atoms with E-state index in [0.29, 0.717) is 24.6 Å². The highest BCUT2D eigenvalue weighted by atomic mass is 32.2. The monoisotopic (exact) mass is 488 g/mol. The number of piperidine rings is 2. The molecule has 0 aromatic heterocycles. The molecular formula is C26H33FN2O4S. The largest absolute Gasteiger partial charge is 0.480 e. The third kappa shape index (κ3) is 6.34. The molecule has 2 heterocycles. The molecule has 8 heteroatoms. The van der Waals surface area contributed by atoms with Crippen LogP contribution in [-0.4, -0.2) is 69.7 Å². The van der Waals surface area contributed by atoms with Crippen molar-refractivity contribution in [2.45, 2.75) is 50.3 Å². The lowest BCUT2D eigenvalue weighted by molar-refractivity contribution is -0.138. The summed E-state index contributed by atoms with van der Waals surface area (Å²) in [7, 11) is 0. The third-order valence-corrected chi connectivity index (χ3v) is 8.20. The number of halogens is 1. The highest BCUT2D eigenvalue weighted by Gasteiger charge is 2.41. The molecule has 2 saturated heterocycles. The van der Waals surface area contributed by atoms with E-state index in [0.717, 1.165) is 50.8 Å². The van der Waals surface area contributed by atoms with Gasteiger partial charge in [0.25, 0.3) is 0 Å². The number of carboxylic acids is 1. The van der Waals surface area contributed by atoms with Gasteiger partial charge in [-0.05, 0) is 62.8 Å². The van der Waals surface area contributed by atoms with E-state index < -0.39 is 12.0 Å². The fraction of sp³-hybridized carbons (Fsp3) is 0.577. The second kappa shape index (κ2) is 11.1. The zero-order chi connectivity index (χ0) is 24.2. The van der Waals surface area contributed by atoms with Gasteiger partial charge in [0, 0.05) is 36.7 Å². The highest BCUT2D eigenvalue weighted by molar-refractivity contribution is 8.14. The number of carbonyl (C=O) groups excluding carboxylic acids is 2. The van der Waals surface area contributed by atoms with E-state index in [4.69, 9.17) is 5.11 Å². The zero-order valence-electron chi connectivity index (χ0n) is 19.6. The number of benzene rings is 1. The quantitative estimate of drug-likeness (QED) is 0.556. The zero-order valence-corrected chi connectivity index (χ0v) is 20.4. The first-order chi connectivity index (χ1) is 16.3. The molecule has 1 aromatic carbocycles. The van der Waals surface area contributed by atoms with Crippen molar-refractivity contribution < 1.29 is 23.9 Å². The summed E-state index contributed by atoms with van der Waals surface area (Å²) >= 11 is 1.34. The van der Waals surface area contributed by atoms with E-state index in [9.17, 15) is 18.8 Å². The van der Waals surface area contributed by atoms with Crippen LogP contribution in [0, 0.1) is 17.7 Å². The smallest absolute Gasteiger partial charge is 0.317 e. The van der Waals surface area contributed by atoms with Gasteiger partial charge in [-0.2, -0.15) is 0 Å². The molecule has 184 valence electrons. The van der Waals surface area contributed by atoms with Crippen molar-refractivity contribution in [2.24, 2.45) is 11.8 Å². The molecular weight excluding hydrogens is 455 g/mol. The Hall–Kier alpha value is -2.03. The molecule has 34 heavy (non-hydrogen) atoms. The Labute approximate surface area is 204 Å². The van der Waals surface area contributed by atoms with Gasteiger partial charge in [-0.25, -0.2) is 4.39 Å². The van der Waals surface area contributed by atoms with E-state index in [1.54, 1.807) is 25.1 Å². The number of likely N-dealkylation sites (tertiary alicyclic amines) is 2. The second-order valence-electron chi connectivity index (χ2n) is 9.71. The number of carboxylic acid groups (broad SMARTS) is 1. The first-order valence-corrected chi connectivity index (χ1v) is 13.0. The van der Waals surface area contributed by atoms with E-state index in [1.807, 2.05) is 4.90 Å². The summed E-state index contributed by atoms with van der Waals surface area (Å²) in [5.41, 5.74) is 1.58. The van der Waals surface area contributed by atoms with Gasteiger partial charge in [0.15, 0.2) is 10.9 Å². The molecule has 1 aliphatic carbocycles. The fourth-order valence-corrected chi connectivity index (χ4v) is 6.12. The molecule has 4 rings (SSSR count). The molecule has 2 unspecified atom stereocenters. The molecule has 2 atom stereocenters. The van der Waals surface area contributed by atoms with Crippen LogP contribution in [0.25, 0.3) is 0 Å². The number of rotatable bonds is 8. The lowest BCUT2D eigenvalue weighted by Crippen LogP contribution is -2.43. The Bertz CT molecular complexity index is 956. The van der Waals surface area contributed by atoms with E-state index in [-0.39, 0.29) is 34.4 Å². The molecule has 3 fully saturated rings. The van der Waals surface area contributed by atoms with Gasteiger partial charge < -0.3 is 5.11 Å². The Balaban J connectivity index is 1.55. The Kier molecular flexibility index (Phi) is 8.22. The molecule has 0 spiro atoms. The van der Waals surface area contributed by atoms with Crippen molar-refractivity contribution in [3.8, 4) is 0 Å². The standard InChI is InChI=1S/C26H33FN2O4S/c1-17(30)34-23-10-13-29(15-20(23)14-18-8-11-28(12-9-18)16-24(31)32)25(26(33)19-6-7-19)21-4-2-3-5-22(21)27/h2-5,14,18-19,23,25H,6-13,15-16H2,1H3,(H,31,32). The average Bonchev–Trinajstić information content (AvgIpc) is 3.63. The van der Waals surface area contributed by atoms with Crippen LogP contribution in [0.1, 0.15) is 50.6 Å². The minimum Gasteiger partial charge on any atom is -0.480 e. The van der Waals surface area contributed by atoms with E-state index >= 15 is 0 Å². The van der Waals surface area contributed by atoms with Gasteiger partial charge in [-0.1, -0.05) is 36.0 Å². The number of ketones is 1. The maximum atomic E-state index is 14.8. The van der Waals surface area contributed by atoms with Gasteiger partial charge in [0.05, 0.1) is 12.6 Å². The van der Waals surface area contributed by atoms with Crippen LogP contribution in [0.2, 0.25) is 0 Å². The predicted octanol–water partition coefficient (Wildman–Crippen LogP) is 3.92. The molecule has 1 aromatic rings. The van der Waals surface area contributed by atoms with Gasteiger partial charge >= 0.3 is 5.97 Å². The number of aliphatic carboxylic acids is 1. The summed E-state index contributed by atoms with van der Waals surface area (Å²) in [5, 5.41) is 9.17. The van der Waals surface area contributed by atoms with Crippen LogP contribution in [0.3, 0.4) is 0 Å². The van der Waals surface area contributed by atoms with Gasteiger partial charge in [0.2, 0.25) is 0 Å². The molecule has 3 aliphatic rings.